The van der Waals surface area contributed by atoms with E-state index in [4.69, 9.17) is 4.74 Å². The SMILES string of the molecule is C=CC(=O)Nc1cccc(Sc2nc(Nc3ccc4c(ccn4CCN(C)C)c3)ncc2OC)c1. The predicted octanol–water partition coefficient (Wildman–Crippen LogP) is 5.02. The lowest BCUT2D eigenvalue weighted by atomic mass is 10.2. The zero-order chi connectivity index (χ0) is 24.8. The maximum Gasteiger partial charge on any atom is 0.247 e. The highest BCUT2D eigenvalue weighted by Gasteiger charge is 2.12. The van der Waals surface area contributed by atoms with Crippen LogP contribution in [-0.2, 0) is 11.3 Å². The van der Waals surface area contributed by atoms with Gasteiger partial charge in [-0.2, -0.15) is 0 Å². The van der Waals surface area contributed by atoms with Crippen LogP contribution in [0.2, 0.25) is 0 Å². The van der Waals surface area contributed by atoms with Crippen LogP contribution in [0.25, 0.3) is 10.9 Å². The van der Waals surface area contributed by atoms with Crippen LogP contribution in [-0.4, -0.2) is 53.1 Å². The average molecular weight is 489 g/mol. The molecule has 0 saturated heterocycles. The molecule has 0 saturated carbocycles. The van der Waals surface area contributed by atoms with Crippen molar-refractivity contribution in [2.45, 2.75) is 16.5 Å². The highest BCUT2D eigenvalue weighted by Crippen LogP contribution is 2.35. The Morgan fingerprint density at radius 2 is 2.06 bits per heavy atom. The number of likely N-dealkylation sites (N-methyl/N-ethyl adjacent to an activating group) is 1. The summed E-state index contributed by atoms with van der Waals surface area (Å²) in [7, 11) is 5.74. The molecule has 4 rings (SSSR count). The van der Waals surface area contributed by atoms with Crippen molar-refractivity contribution in [3.05, 3.63) is 73.6 Å². The number of methoxy groups -OCH3 is 1. The minimum absolute atomic E-state index is 0.261. The molecular weight excluding hydrogens is 460 g/mol. The highest BCUT2D eigenvalue weighted by atomic mass is 32.2. The van der Waals surface area contributed by atoms with Crippen LogP contribution in [0, 0.1) is 0 Å². The summed E-state index contributed by atoms with van der Waals surface area (Å²) >= 11 is 1.43. The van der Waals surface area contributed by atoms with Crippen molar-refractivity contribution in [1.82, 2.24) is 19.4 Å². The number of benzene rings is 2. The minimum Gasteiger partial charge on any atom is -0.492 e. The molecule has 35 heavy (non-hydrogen) atoms. The summed E-state index contributed by atoms with van der Waals surface area (Å²) in [5.41, 5.74) is 2.77. The van der Waals surface area contributed by atoms with Crippen LogP contribution in [0.1, 0.15) is 0 Å². The number of fused-ring (bicyclic) bond motifs is 1. The Hall–Kier alpha value is -3.82. The van der Waals surface area contributed by atoms with E-state index in [0.717, 1.165) is 29.1 Å². The third kappa shape index (κ3) is 6.20. The lowest BCUT2D eigenvalue weighted by molar-refractivity contribution is -0.111. The van der Waals surface area contributed by atoms with Crippen LogP contribution in [0.3, 0.4) is 0 Å². The number of carbonyl (C=O) groups excluding carboxylic acids is 1. The number of nitrogens with zero attached hydrogens (tertiary/aromatic N) is 4. The molecule has 0 aliphatic carbocycles. The quantitative estimate of drug-likeness (QED) is 0.239. The van der Waals surface area contributed by atoms with E-state index in [2.05, 4.69) is 75.1 Å². The number of anilines is 3. The summed E-state index contributed by atoms with van der Waals surface area (Å²) in [6.45, 7) is 5.40. The molecule has 180 valence electrons. The number of aromatic nitrogens is 3. The molecule has 0 aliphatic rings. The summed E-state index contributed by atoms with van der Waals surface area (Å²) in [6, 6.07) is 15.8. The zero-order valence-corrected chi connectivity index (χ0v) is 20.8. The van der Waals surface area contributed by atoms with Crippen molar-refractivity contribution in [3.63, 3.8) is 0 Å². The average Bonchev–Trinajstić information content (AvgIpc) is 3.25. The maximum atomic E-state index is 11.6. The summed E-state index contributed by atoms with van der Waals surface area (Å²) in [4.78, 5) is 23.8. The van der Waals surface area contributed by atoms with Crippen LogP contribution >= 0.6 is 11.8 Å². The molecule has 0 atom stereocenters. The van der Waals surface area contributed by atoms with Crippen molar-refractivity contribution in [2.75, 3.05) is 38.4 Å². The first-order valence-corrected chi connectivity index (χ1v) is 11.9. The van der Waals surface area contributed by atoms with E-state index in [9.17, 15) is 4.79 Å². The van der Waals surface area contributed by atoms with Gasteiger partial charge in [-0.25, -0.2) is 9.97 Å². The highest BCUT2D eigenvalue weighted by molar-refractivity contribution is 7.99. The fourth-order valence-electron chi connectivity index (χ4n) is 3.48. The number of hydrogen-bond donors (Lipinski definition) is 2. The Kier molecular flexibility index (Phi) is 7.69. The predicted molar refractivity (Wildman–Crippen MR) is 142 cm³/mol. The van der Waals surface area contributed by atoms with E-state index in [1.54, 1.807) is 13.3 Å². The van der Waals surface area contributed by atoms with Gasteiger partial charge in [0.2, 0.25) is 11.9 Å². The Morgan fingerprint density at radius 3 is 2.83 bits per heavy atom. The number of rotatable bonds is 10. The second-order valence-corrected chi connectivity index (χ2v) is 9.16. The maximum absolute atomic E-state index is 11.6. The smallest absolute Gasteiger partial charge is 0.247 e. The third-order valence-corrected chi connectivity index (χ3v) is 6.23. The molecule has 0 unspecified atom stereocenters. The first-order chi connectivity index (χ1) is 16.9. The normalized spacial score (nSPS) is 11.0. The zero-order valence-electron chi connectivity index (χ0n) is 20.0. The number of hydrogen-bond acceptors (Lipinski definition) is 7. The molecule has 2 N–H and O–H groups in total. The van der Waals surface area contributed by atoms with Crippen molar-refractivity contribution in [2.24, 2.45) is 0 Å². The molecule has 9 heteroatoms. The summed E-state index contributed by atoms with van der Waals surface area (Å²) in [5, 5.41) is 7.88. The van der Waals surface area contributed by atoms with Crippen LogP contribution in [0.4, 0.5) is 17.3 Å². The standard InChI is InChI=1S/C26H28N6O2S/c1-5-24(33)28-19-7-6-8-21(16-19)35-25-23(34-4)17-27-26(30-25)29-20-9-10-22-18(15-20)11-12-32(22)14-13-31(2)3/h5-12,15-17H,1,13-14H2,2-4H3,(H,28,33)(H,27,29,30). The van der Waals surface area contributed by atoms with Gasteiger partial charge in [0, 0.05) is 46.5 Å². The Morgan fingerprint density at radius 1 is 1.20 bits per heavy atom. The monoisotopic (exact) mass is 488 g/mol. The Balaban J connectivity index is 1.53. The summed E-state index contributed by atoms with van der Waals surface area (Å²) in [5.74, 6) is 0.772. The molecule has 2 aromatic carbocycles. The molecule has 4 aromatic rings. The molecular formula is C26H28N6O2S. The van der Waals surface area contributed by atoms with Crippen molar-refractivity contribution in [3.8, 4) is 5.75 Å². The van der Waals surface area contributed by atoms with Gasteiger partial charge in [0.25, 0.3) is 0 Å². The first-order valence-electron chi connectivity index (χ1n) is 11.1. The molecule has 0 spiro atoms. The number of ether oxygens (including phenoxy) is 1. The Bertz CT molecular complexity index is 1350. The van der Waals surface area contributed by atoms with E-state index in [0.29, 0.717) is 22.4 Å². The molecule has 2 heterocycles. The summed E-state index contributed by atoms with van der Waals surface area (Å²) in [6.07, 6.45) is 5.00. The lowest BCUT2D eigenvalue weighted by Gasteiger charge is -2.12. The van der Waals surface area contributed by atoms with Gasteiger partial charge in [-0.3, -0.25) is 4.79 Å². The summed E-state index contributed by atoms with van der Waals surface area (Å²) < 4.78 is 7.73. The van der Waals surface area contributed by atoms with Crippen molar-refractivity contribution in [1.29, 1.82) is 0 Å². The van der Waals surface area contributed by atoms with Crippen LogP contribution in [0.5, 0.6) is 5.75 Å². The van der Waals surface area contributed by atoms with Gasteiger partial charge in [-0.15, -0.1) is 0 Å². The van der Waals surface area contributed by atoms with E-state index >= 15 is 0 Å². The molecule has 0 fully saturated rings. The van der Waals surface area contributed by atoms with Crippen molar-refractivity contribution >= 4 is 45.9 Å². The van der Waals surface area contributed by atoms with E-state index in [-0.39, 0.29) is 5.91 Å². The van der Waals surface area contributed by atoms with Gasteiger partial charge in [-0.1, -0.05) is 24.4 Å². The van der Waals surface area contributed by atoms with Gasteiger partial charge < -0.3 is 24.8 Å². The molecule has 1 amide bonds. The van der Waals surface area contributed by atoms with Crippen LogP contribution < -0.4 is 15.4 Å². The molecule has 8 nitrogen and oxygen atoms in total. The van der Waals surface area contributed by atoms with E-state index in [1.807, 2.05) is 30.3 Å². The molecule has 0 bridgehead atoms. The van der Waals surface area contributed by atoms with Gasteiger partial charge in [0.1, 0.15) is 5.03 Å². The largest absolute Gasteiger partial charge is 0.492 e. The number of amides is 1. The molecule has 2 aromatic heterocycles. The fourth-order valence-corrected chi connectivity index (χ4v) is 4.40. The number of nitrogens with one attached hydrogen (secondary N) is 2. The second-order valence-electron chi connectivity index (χ2n) is 8.10. The third-order valence-electron chi connectivity index (χ3n) is 5.26. The topological polar surface area (TPSA) is 84.3 Å². The van der Waals surface area contributed by atoms with Gasteiger partial charge in [-0.05, 0) is 62.6 Å². The number of carbonyl (C=O) groups is 1. The van der Waals surface area contributed by atoms with Crippen molar-refractivity contribution < 1.29 is 9.53 Å². The van der Waals surface area contributed by atoms with E-state index in [1.165, 1.54) is 23.4 Å². The van der Waals surface area contributed by atoms with Gasteiger partial charge >= 0.3 is 0 Å². The van der Waals surface area contributed by atoms with E-state index < -0.39 is 0 Å². The van der Waals surface area contributed by atoms with Gasteiger partial charge in [0.15, 0.2) is 5.75 Å². The van der Waals surface area contributed by atoms with Crippen LogP contribution in [0.15, 0.2) is 83.5 Å². The molecule has 0 aliphatic heterocycles. The van der Waals surface area contributed by atoms with Gasteiger partial charge in [0.05, 0.1) is 13.3 Å². The fraction of sp³-hybridized carbons (Fsp3) is 0.192. The molecule has 0 radical (unpaired) electrons. The Labute approximate surface area is 209 Å². The lowest BCUT2D eigenvalue weighted by Crippen LogP contribution is -2.17. The minimum atomic E-state index is -0.261. The first kappa shape index (κ1) is 24.3. The second kappa shape index (κ2) is 11.1.